The maximum Gasteiger partial charge on any atom is 0.243 e. The van der Waals surface area contributed by atoms with Crippen LogP contribution in [0.15, 0.2) is 0 Å². The molecular formula is C12H17N3O3. The Morgan fingerprint density at radius 2 is 2.06 bits per heavy atom. The average molecular weight is 251 g/mol. The third-order valence-corrected chi connectivity index (χ3v) is 3.81. The Hall–Kier alpha value is -1.61. The molecule has 6 nitrogen and oxygen atoms in total. The van der Waals surface area contributed by atoms with E-state index in [1.165, 1.54) is 4.90 Å². The van der Waals surface area contributed by atoms with E-state index in [4.69, 9.17) is 10.5 Å². The van der Waals surface area contributed by atoms with Gasteiger partial charge in [0.05, 0.1) is 6.07 Å². The number of hydrogen-bond donors (Lipinski definition) is 1. The highest BCUT2D eigenvalue weighted by atomic mass is 16.5. The molecule has 0 aromatic heterocycles. The lowest BCUT2D eigenvalue weighted by Crippen LogP contribution is -2.51. The first-order valence-electron chi connectivity index (χ1n) is 6.20. The van der Waals surface area contributed by atoms with Crippen molar-refractivity contribution in [3.63, 3.8) is 0 Å². The second kappa shape index (κ2) is 4.94. The van der Waals surface area contributed by atoms with E-state index >= 15 is 0 Å². The molecule has 2 aliphatic rings. The fraction of sp³-hybridized carbons (Fsp3) is 0.750. The van der Waals surface area contributed by atoms with Gasteiger partial charge in [0.25, 0.3) is 0 Å². The molecule has 0 aromatic rings. The minimum atomic E-state index is -1.03. The van der Waals surface area contributed by atoms with Gasteiger partial charge in [0.2, 0.25) is 11.8 Å². The molecule has 6 heteroatoms. The second-order valence-electron chi connectivity index (χ2n) is 4.87. The molecule has 2 aliphatic heterocycles. The number of likely N-dealkylation sites (tertiary alicyclic amines) is 1. The highest BCUT2D eigenvalue weighted by Crippen LogP contribution is 2.34. The van der Waals surface area contributed by atoms with Crippen LogP contribution >= 0.6 is 0 Å². The molecule has 18 heavy (non-hydrogen) atoms. The van der Waals surface area contributed by atoms with E-state index in [1.807, 2.05) is 0 Å². The zero-order valence-corrected chi connectivity index (χ0v) is 10.2. The van der Waals surface area contributed by atoms with Gasteiger partial charge in [-0.15, -0.1) is 0 Å². The van der Waals surface area contributed by atoms with Crippen LogP contribution in [-0.2, 0) is 14.3 Å². The normalized spacial score (nSPS) is 26.6. The van der Waals surface area contributed by atoms with Crippen LogP contribution in [-0.4, -0.2) is 42.5 Å². The van der Waals surface area contributed by atoms with Crippen molar-refractivity contribution >= 4 is 11.8 Å². The largest absolute Gasteiger partial charge is 0.381 e. The topological polar surface area (TPSA) is 96.4 Å². The van der Waals surface area contributed by atoms with Crippen molar-refractivity contribution in [2.75, 3.05) is 19.8 Å². The molecule has 2 amide bonds. The summed E-state index contributed by atoms with van der Waals surface area (Å²) in [4.78, 5) is 25.3. The van der Waals surface area contributed by atoms with Gasteiger partial charge in [0.15, 0.2) is 0 Å². The molecule has 2 heterocycles. The molecule has 0 saturated carbocycles. The predicted octanol–water partition coefficient (Wildman–Crippen LogP) is -0.217. The van der Waals surface area contributed by atoms with Crippen LogP contribution < -0.4 is 5.73 Å². The van der Waals surface area contributed by atoms with Crippen LogP contribution in [0.5, 0.6) is 0 Å². The number of nitriles is 1. The lowest BCUT2D eigenvalue weighted by molar-refractivity contribution is -0.147. The maximum absolute atomic E-state index is 12.5. The van der Waals surface area contributed by atoms with Crippen LogP contribution in [0.4, 0.5) is 0 Å². The first kappa shape index (κ1) is 12.8. The first-order valence-corrected chi connectivity index (χ1v) is 6.20. The number of carbonyl (C=O) groups is 2. The Morgan fingerprint density at radius 1 is 1.39 bits per heavy atom. The first-order chi connectivity index (χ1) is 8.60. The Bertz CT molecular complexity index is 396. The van der Waals surface area contributed by atoms with Crippen molar-refractivity contribution in [2.24, 2.45) is 11.1 Å². The van der Waals surface area contributed by atoms with Crippen molar-refractivity contribution in [1.29, 1.82) is 5.26 Å². The van der Waals surface area contributed by atoms with E-state index in [-0.39, 0.29) is 5.91 Å². The van der Waals surface area contributed by atoms with Gasteiger partial charge < -0.3 is 15.4 Å². The number of carbonyl (C=O) groups excluding carboxylic acids is 2. The molecule has 2 saturated heterocycles. The third kappa shape index (κ3) is 2.06. The summed E-state index contributed by atoms with van der Waals surface area (Å²) in [5, 5.41) is 9.33. The van der Waals surface area contributed by atoms with Gasteiger partial charge in [-0.1, -0.05) is 0 Å². The van der Waals surface area contributed by atoms with Gasteiger partial charge in [0, 0.05) is 19.8 Å². The lowest BCUT2D eigenvalue weighted by atomic mass is 9.80. The van der Waals surface area contributed by atoms with Crippen LogP contribution in [0.3, 0.4) is 0 Å². The Balaban J connectivity index is 2.19. The number of nitrogens with two attached hydrogens (primary N) is 1. The van der Waals surface area contributed by atoms with Gasteiger partial charge >= 0.3 is 0 Å². The van der Waals surface area contributed by atoms with Crippen molar-refractivity contribution in [1.82, 2.24) is 4.90 Å². The monoisotopic (exact) mass is 251 g/mol. The van der Waals surface area contributed by atoms with Gasteiger partial charge in [-0.05, 0) is 25.7 Å². The predicted molar refractivity (Wildman–Crippen MR) is 62.0 cm³/mol. The molecule has 0 spiro atoms. The smallest absolute Gasteiger partial charge is 0.243 e. The fourth-order valence-electron chi connectivity index (χ4n) is 2.67. The molecule has 1 unspecified atom stereocenters. The highest BCUT2D eigenvalue weighted by Gasteiger charge is 2.46. The van der Waals surface area contributed by atoms with E-state index in [2.05, 4.69) is 6.07 Å². The number of amides is 2. The highest BCUT2D eigenvalue weighted by molar-refractivity contribution is 5.91. The molecule has 0 aliphatic carbocycles. The molecular weight excluding hydrogens is 234 g/mol. The Kier molecular flexibility index (Phi) is 3.53. The number of ether oxygens (including phenoxy) is 1. The Morgan fingerprint density at radius 3 is 2.61 bits per heavy atom. The van der Waals surface area contributed by atoms with Crippen LogP contribution in [0.2, 0.25) is 0 Å². The summed E-state index contributed by atoms with van der Waals surface area (Å²) in [5.74, 6) is -0.740. The molecule has 0 bridgehead atoms. The standard InChI is InChI=1S/C12H17N3O3/c13-8-12(3-6-18-7-4-12)11(17)15-5-1-2-9(15)10(14)16/h9H,1-7H2,(H2,14,16). The summed E-state index contributed by atoms with van der Waals surface area (Å²) in [6.07, 6.45) is 2.14. The summed E-state index contributed by atoms with van der Waals surface area (Å²) < 4.78 is 5.20. The molecule has 98 valence electrons. The quantitative estimate of drug-likeness (QED) is 0.734. The van der Waals surface area contributed by atoms with Gasteiger partial charge in [-0.25, -0.2) is 0 Å². The molecule has 2 N–H and O–H groups in total. The van der Waals surface area contributed by atoms with Gasteiger partial charge in [-0.3, -0.25) is 9.59 Å². The van der Waals surface area contributed by atoms with Crippen molar-refractivity contribution in [3.8, 4) is 6.07 Å². The summed E-state index contributed by atoms with van der Waals surface area (Å²) in [6, 6.07) is 1.58. The van der Waals surface area contributed by atoms with E-state index in [1.54, 1.807) is 0 Å². The fourth-order valence-corrected chi connectivity index (χ4v) is 2.67. The average Bonchev–Trinajstić information content (AvgIpc) is 2.88. The summed E-state index contributed by atoms with van der Waals surface area (Å²) in [6.45, 7) is 1.33. The van der Waals surface area contributed by atoms with E-state index in [0.717, 1.165) is 6.42 Å². The molecule has 2 rings (SSSR count). The summed E-state index contributed by atoms with van der Waals surface area (Å²) in [5.41, 5.74) is 4.27. The number of hydrogen-bond acceptors (Lipinski definition) is 4. The van der Waals surface area contributed by atoms with E-state index in [9.17, 15) is 14.9 Å². The molecule has 0 aromatic carbocycles. The van der Waals surface area contributed by atoms with Crippen molar-refractivity contribution in [2.45, 2.75) is 31.7 Å². The Labute approximate surface area is 106 Å². The molecule has 2 fully saturated rings. The number of nitrogens with zero attached hydrogens (tertiary/aromatic N) is 2. The van der Waals surface area contributed by atoms with Crippen molar-refractivity contribution < 1.29 is 14.3 Å². The maximum atomic E-state index is 12.5. The van der Waals surface area contributed by atoms with E-state index < -0.39 is 17.4 Å². The van der Waals surface area contributed by atoms with Crippen LogP contribution in [0, 0.1) is 16.7 Å². The minimum Gasteiger partial charge on any atom is -0.381 e. The van der Waals surface area contributed by atoms with Gasteiger partial charge in [0.1, 0.15) is 11.5 Å². The summed E-state index contributed by atoms with van der Waals surface area (Å²) in [7, 11) is 0. The number of rotatable bonds is 2. The lowest BCUT2D eigenvalue weighted by Gasteiger charge is -2.34. The molecule has 0 radical (unpaired) electrons. The molecule has 1 atom stereocenters. The summed E-state index contributed by atoms with van der Waals surface area (Å²) >= 11 is 0. The third-order valence-electron chi connectivity index (χ3n) is 3.81. The van der Waals surface area contributed by atoms with Crippen LogP contribution in [0.1, 0.15) is 25.7 Å². The van der Waals surface area contributed by atoms with Crippen LogP contribution in [0.25, 0.3) is 0 Å². The SMILES string of the molecule is N#CC1(C(=O)N2CCCC2C(N)=O)CCOCC1. The van der Waals surface area contributed by atoms with Crippen molar-refractivity contribution in [3.05, 3.63) is 0 Å². The zero-order chi connectivity index (χ0) is 13.2. The van der Waals surface area contributed by atoms with E-state index in [0.29, 0.717) is 39.0 Å². The zero-order valence-electron chi connectivity index (χ0n) is 10.2. The van der Waals surface area contributed by atoms with Gasteiger partial charge in [-0.2, -0.15) is 5.26 Å². The second-order valence-corrected chi connectivity index (χ2v) is 4.87. The number of primary amides is 1. The minimum absolute atomic E-state index is 0.255.